The molecule has 1 aliphatic rings. The van der Waals surface area contributed by atoms with E-state index < -0.39 is 0 Å². The van der Waals surface area contributed by atoms with Gasteiger partial charge in [-0.25, -0.2) is 0 Å². The van der Waals surface area contributed by atoms with Gasteiger partial charge in [0.2, 0.25) is 0 Å². The maximum absolute atomic E-state index is 5.44. The number of aromatic nitrogens is 1. The van der Waals surface area contributed by atoms with Gasteiger partial charge >= 0.3 is 0 Å². The van der Waals surface area contributed by atoms with E-state index in [0.717, 1.165) is 30.0 Å². The van der Waals surface area contributed by atoms with Crippen molar-refractivity contribution in [3.8, 4) is 5.75 Å². The predicted octanol–water partition coefficient (Wildman–Crippen LogP) is 3.76. The van der Waals surface area contributed by atoms with Crippen LogP contribution in [0.15, 0.2) is 42.6 Å². The van der Waals surface area contributed by atoms with Crippen molar-refractivity contribution in [1.82, 2.24) is 4.98 Å². The molecule has 1 fully saturated rings. The number of nitrogens with zero attached hydrogens (tertiary/aromatic N) is 1. The van der Waals surface area contributed by atoms with E-state index in [1.165, 1.54) is 5.56 Å². The fourth-order valence-electron chi connectivity index (χ4n) is 2.85. The molecule has 1 aliphatic carbocycles. The molecule has 0 bridgehead atoms. The molecule has 1 N–H and O–H groups in total. The molecule has 0 radical (unpaired) electrons. The Morgan fingerprint density at radius 3 is 2.70 bits per heavy atom. The van der Waals surface area contributed by atoms with E-state index in [2.05, 4.69) is 28.5 Å². The lowest BCUT2D eigenvalue weighted by molar-refractivity contribution is 0.349. The van der Waals surface area contributed by atoms with Crippen LogP contribution in [0.5, 0.6) is 5.75 Å². The first kappa shape index (κ1) is 13.0. The number of hydrogen-bond donors (Lipinski definition) is 1. The van der Waals surface area contributed by atoms with Crippen molar-refractivity contribution in [3.63, 3.8) is 0 Å². The zero-order valence-corrected chi connectivity index (χ0v) is 12.0. The third-order valence-corrected chi connectivity index (χ3v) is 4.08. The van der Waals surface area contributed by atoms with Crippen LogP contribution in [0.25, 0.3) is 0 Å². The molecule has 104 valence electrons. The standard InChI is InChI=1S/C17H20N2O/c1-12-16(7-5-9-18-12)19-14-10-13(11-14)15-6-3-4-8-17(15)20-2/h3-9,13-14,19H,10-11H2,1-2H3. The number of anilines is 1. The summed E-state index contributed by atoms with van der Waals surface area (Å²) in [4.78, 5) is 4.31. The number of nitrogens with one attached hydrogen (secondary N) is 1. The number of aryl methyl sites for hydroxylation is 1. The van der Waals surface area contributed by atoms with Crippen LogP contribution in [0.4, 0.5) is 5.69 Å². The van der Waals surface area contributed by atoms with E-state index in [-0.39, 0.29) is 0 Å². The molecule has 1 aromatic heterocycles. The average molecular weight is 268 g/mol. The fraction of sp³-hybridized carbons (Fsp3) is 0.353. The Balaban J connectivity index is 1.63. The third-order valence-electron chi connectivity index (χ3n) is 4.08. The molecule has 1 saturated carbocycles. The van der Waals surface area contributed by atoms with Gasteiger partial charge in [0.25, 0.3) is 0 Å². The third kappa shape index (κ3) is 2.48. The Kier molecular flexibility index (Phi) is 3.59. The highest BCUT2D eigenvalue weighted by Gasteiger charge is 2.32. The SMILES string of the molecule is COc1ccccc1C1CC(Nc2cccnc2C)C1. The van der Waals surface area contributed by atoms with Gasteiger partial charge in [-0.3, -0.25) is 4.98 Å². The topological polar surface area (TPSA) is 34.1 Å². The molecule has 0 amide bonds. The van der Waals surface area contributed by atoms with Crippen molar-refractivity contribution < 1.29 is 4.74 Å². The molecular weight excluding hydrogens is 248 g/mol. The molecule has 1 aromatic carbocycles. The first-order valence-electron chi connectivity index (χ1n) is 7.09. The van der Waals surface area contributed by atoms with Gasteiger partial charge in [0, 0.05) is 12.2 Å². The molecule has 20 heavy (non-hydrogen) atoms. The monoisotopic (exact) mass is 268 g/mol. The largest absolute Gasteiger partial charge is 0.496 e. The van der Waals surface area contributed by atoms with E-state index in [1.54, 1.807) is 7.11 Å². The second kappa shape index (κ2) is 5.53. The van der Waals surface area contributed by atoms with E-state index in [9.17, 15) is 0 Å². The van der Waals surface area contributed by atoms with Gasteiger partial charge in [-0.2, -0.15) is 0 Å². The predicted molar refractivity (Wildman–Crippen MR) is 81.4 cm³/mol. The van der Waals surface area contributed by atoms with Crippen LogP contribution in [0.3, 0.4) is 0 Å². The second-order valence-electron chi connectivity index (χ2n) is 5.39. The summed E-state index contributed by atoms with van der Waals surface area (Å²) in [6, 6.07) is 12.9. The van der Waals surface area contributed by atoms with Gasteiger partial charge < -0.3 is 10.1 Å². The molecule has 0 aliphatic heterocycles. The van der Waals surface area contributed by atoms with Crippen LogP contribution in [0.1, 0.15) is 30.0 Å². The Hall–Kier alpha value is -2.03. The molecule has 1 heterocycles. The number of ether oxygens (including phenoxy) is 1. The number of methoxy groups -OCH3 is 1. The highest BCUT2D eigenvalue weighted by atomic mass is 16.5. The van der Waals surface area contributed by atoms with E-state index in [0.29, 0.717) is 12.0 Å². The van der Waals surface area contributed by atoms with Gasteiger partial charge in [0.15, 0.2) is 0 Å². The Morgan fingerprint density at radius 1 is 1.15 bits per heavy atom. The Bertz CT molecular complexity index is 591. The molecule has 0 unspecified atom stereocenters. The van der Waals surface area contributed by atoms with Gasteiger partial charge in [-0.15, -0.1) is 0 Å². The van der Waals surface area contributed by atoms with Gasteiger partial charge in [0.05, 0.1) is 18.5 Å². The smallest absolute Gasteiger partial charge is 0.122 e. The summed E-state index contributed by atoms with van der Waals surface area (Å²) >= 11 is 0. The summed E-state index contributed by atoms with van der Waals surface area (Å²) in [6.07, 6.45) is 4.13. The van der Waals surface area contributed by atoms with Crippen molar-refractivity contribution in [1.29, 1.82) is 0 Å². The minimum absolute atomic E-state index is 0.535. The molecule has 2 aromatic rings. The van der Waals surface area contributed by atoms with Crippen LogP contribution >= 0.6 is 0 Å². The lowest BCUT2D eigenvalue weighted by atomic mass is 9.75. The first-order chi connectivity index (χ1) is 9.78. The van der Waals surface area contributed by atoms with Crippen molar-refractivity contribution in [3.05, 3.63) is 53.9 Å². The molecular formula is C17H20N2O. The molecule has 3 heteroatoms. The molecule has 0 spiro atoms. The number of para-hydroxylation sites is 1. The van der Waals surface area contributed by atoms with Gasteiger partial charge in [-0.1, -0.05) is 18.2 Å². The van der Waals surface area contributed by atoms with E-state index >= 15 is 0 Å². The van der Waals surface area contributed by atoms with E-state index in [4.69, 9.17) is 4.74 Å². The second-order valence-corrected chi connectivity index (χ2v) is 5.39. The minimum atomic E-state index is 0.535. The summed E-state index contributed by atoms with van der Waals surface area (Å²) < 4.78 is 5.44. The average Bonchev–Trinajstić information content (AvgIpc) is 2.44. The van der Waals surface area contributed by atoms with Gasteiger partial charge in [0.1, 0.15) is 5.75 Å². The summed E-state index contributed by atoms with van der Waals surface area (Å²) in [7, 11) is 1.74. The minimum Gasteiger partial charge on any atom is -0.496 e. The normalized spacial score (nSPS) is 21.1. The highest BCUT2D eigenvalue weighted by molar-refractivity contribution is 5.49. The number of rotatable bonds is 4. The zero-order chi connectivity index (χ0) is 13.9. The van der Waals surface area contributed by atoms with Crippen molar-refractivity contribution >= 4 is 5.69 Å². The lowest BCUT2D eigenvalue weighted by Gasteiger charge is -2.37. The zero-order valence-electron chi connectivity index (χ0n) is 12.0. The number of benzene rings is 1. The quantitative estimate of drug-likeness (QED) is 0.916. The van der Waals surface area contributed by atoms with Crippen LogP contribution < -0.4 is 10.1 Å². The summed E-state index contributed by atoms with van der Waals surface area (Å²) in [5.74, 6) is 1.61. The van der Waals surface area contributed by atoms with Gasteiger partial charge in [-0.05, 0) is 49.4 Å². The van der Waals surface area contributed by atoms with Crippen molar-refractivity contribution in [2.45, 2.75) is 31.7 Å². The maximum Gasteiger partial charge on any atom is 0.122 e. The van der Waals surface area contributed by atoms with Crippen LogP contribution in [0.2, 0.25) is 0 Å². The van der Waals surface area contributed by atoms with E-state index in [1.807, 2.05) is 31.3 Å². The van der Waals surface area contributed by atoms with Crippen molar-refractivity contribution in [2.24, 2.45) is 0 Å². The Labute approximate surface area is 120 Å². The molecule has 3 rings (SSSR count). The molecule has 3 nitrogen and oxygen atoms in total. The highest BCUT2D eigenvalue weighted by Crippen LogP contribution is 2.42. The molecule has 0 atom stereocenters. The summed E-state index contributed by atoms with van der Waals surface area (Å²) in [5.41, 5.74) is 3.54. The first-order valence-corrected chi connectivity index (χ1v) is 7.09. The Morgan fingerprint density at radius 2 is 1.95 bits per heavy atom. The van der Waals surface area contributed by atoms with Crippen molar-refractivity contribution in [2.75, 3.05) is 12.4 Å². The number of pyridine rings is 1. The van der Waals surface area contributed by atoms with Crippen LogP contribution in [-0.4, -0.2) is 18.1 Å². The maximum atomic E-state index is 5.44. The lowest BCUT2D eigenvalue weighted by Crippen LogP contribution is -2.34. The fourth-order valence-corrected chi connectivity index (χ4v) is 2.85. The number of hydrogen-bond acceptors (Lipinski definition) is 3. The van der Waals surface area contributed by atoms with Crippen LogP contribution in [0, 0.1) is 6.92 Å². The summed E-state index contributed by atoms with van der Waals surface area (Å²) in [5, 5.41) is 3.58. The van der Waals surface area contributed by atoms with Crippen LogP contribution in [-0.2, 0) is 0 Å². The molecule has 0 saturated heterocycles. The summed E-state index contributed by atoms with van der Waals surface area (Å²) in [6.45, 7) is 2.04.